The average Bonchev–Trinajstić information content (AvgIpc) is 2.42. The van der Waals surface area contributed by atoms with E-state index in [4.69, 9.17) is 9.47 Å². The van der Waals surface area contributed by atoms with Crippen LogP contribution in [0, 0.1) is 11.8 Å². The van der Waals surface area contributed by atoms with E-state index in [0.717, 1.165) is 6.42 Å². The van der Waals surface area contributed by atoms with Crippen LogP contribution in [0.4, 0.5) is 0 Å². The second kappa shape index (κ2) is 10.4. The van der Waals surface area contributed by atoms with Crippen molar-refractivity contribution >= 4 is 0 Å². The van der Waals surface area contributed by atoms with Crippen molar-refractivity contribution < 1.29 is 9.47 Å². The van der Waals surface area contributed by atoms with Crippen molar-refractivity contribution in [3.8, 4) is 0 Å². The Kier molecular flexibility index (Phi) is 10.3. The fraction of sp³-hybridized carbons (Fsp3) is 0.882. The van der Waals surface area contributed by atoms with Gasteiger partial charge in [0.15, 0.2) is 5.79 Å². The van der Waals surface area contributed by atoms with Crippen molar-refractivity contribution in [3.05, 3.63) is 12.7 Å². The molecule has 0 aromatic carbocycles. The van der Waals surface area contributed by atoms with Crippen LogP contribution >= 0.6 is 0 Å². The van der Waals surface area contributed by atoms with Crippen LogP contribution in [0.1, 0.15) is 65.7 Å². The van der Waals surface area contributed by atoms with Gasteiger partial charge in [0.2, 0.25) is 0 Å². The first-order valence-electron chi connectivity index (χ1n) is 7.81. The summed E-state index contributed by atoms with van der Waals surface area (Å²) in [5.41, 5.74) is 0. The summed E-state index contributed by atoms with van der Waals surface area (Å²) >= 11 is 0. The van der Waals surface area contributed by atoms with Gasteiger partial charge in [-0.05, 0) is 18.4 Å². The first-order chi connectivity index (χ1) is 9.07. The molecular formula is C17H34O2. The Labute approximate surface area is 120 Å². The number of rotatable bonds is 12. The van der Waals surface area contributed by atoms with Crippen LogP contribution < -0.4 is 0 Å². The maximum Gasteiger partial charge on any atom is 0.189 e. The van der Waals surface area contributed by atoms with Gasteiger partial charge in [-0.1, -0.05) is 65.9 Å². The summed E-state index contributed by atoms with van der Waals surface area (Å²) in [5, 5.41) is 0. The molecule has 19 heavy (non-hydrogen) atoms. The van der Waals surface area contributed by atoms with Gasteiger partial charge in [-0.3, -0.25) is 0 Å². The minimum Gasteiger partial charge on any atom is -0.349 e. The van der Waals surface area contributed by atoms with E-state index in [1.54, 1.807) is 14.2 Å². The lowest BCUT2D eigenvalue weighted by Crippen LogP contribution is -2.42. The summed E-state index contributed by atoms with van der Waals surface area (Å²) in [6.45, 7) is 10.6. The third-order valence-corrected chi connectivity index (χ3v) is 4.11. The van der Waals surface area contributed by atoms with E-state index in [1.165, 1.54) is 38.5 Å². The van der Waals surface area contributed by atoms with Crippen LogP contribution in [0.3, 0.4) is 0 Å². The molecule has 0 amide bonds. The molecule has 2 heteroatoms. The Balaban J connectivity index is 4.29. The van der Waals surface area contributed by atoms with Crippen LogP contribution in [0.25, 0.3) is 0 Å². The molecule has 0 aliphatic rings. The fourth-order valence-corrected chi connectivity index (χ4v) is 2.85. The molecule has 0 aliphatic heterocycles. The van der Waals surface area contributed by atoms with Crippen LogP contribution in [0.5, 0.6) is 0 Å². The molecule has 0 radical (unpaired) electrons. The number of hydrogen-bond acceptors (Lipinski definition) is 2. The highest BCUT2D eigenvalue weighted by molar-refractivity contribution is 4.95. The molecule has 1 unspecified atom stereocenters. The van der Waals surface area contributed by atoms with Gasteiger partial charge in [0.05, 0.1) is 0 Å². The van der Waals surface area contributed by atoms with Crippen molar-refractivity contribution in [1.82, 2.24) is 0 Å². The lowest BCUT2D eigenvalue weighted by Gasteiger charge is -2.38. The Morgan fingerprint density at radius 1 is 1.00 bits per heavy atom. The molecule has 0 saturated carbocycles. The van der Waals surface area contributed by atoms with Crippen molar-refractivity contribution in [2.45, 2.75) is 71.5 Å². The zero-order valence-electron chi connectivity index (χ0n) is 13.7. The summed E-state index contributed by atoms with van der Waals surface area (Å²) in [5.74, 6) is 0.261. The Hall–Kier alpha value is -0.340. The zero-order valence-corrected chi connectivity index (χ0v) is 13.7. The van der Waals surface area contributed by atoms with E-state index >= 15 is 0 Å². The number of unbranched alkanes of at least 4 members (excludes halogenated alkanes) is 5. The van der Waals surface area contributed by atoms with E-state index in [9.17, 15) is 0 Å². The van der Waals surface area contributed by atoms with E-state index < -0.39 is 5.79 Å². The van der Waals surface area contributed by atoms with Gasteiger partial charge in [-0.15, -0.1) is 0 Å². The van der Waals surface area contributed by atoms with Crippen molar-refractivity contribution in [1.29, 1.82) is 0 Å². The second-order valence-electron chi connectivity index (χ2n) is 5.74. The zero-order chi connectivity index (χ0) is 14.7. The van der Waals surface area contributed by atoms with Gasteiger partial charge < -0.3 is 9.47 Å². The van der Waals surface area contributed by atoms with Gasteiger partial charge in [-0.25, -0.2) is 0 Å². The molecule has 0 saturated heterocycles. The molecule has 0 aromatic rings. The lowest BCUT2D eigenvalue weighted by molar-refractivity contribution is -0.214. The van der Waals surface area contributed by atoms with Crippen LogP contribution in [-0.4, -0.2) is 20.0 Å². The van der Waals surface area contributed by atoms with Crippen LogP contribution in [0.15, 0.2) is 12.7 Å². The monoisotopic (exact) mass is 270 g/mol. The molecular weight excluding hydrogens is 236 g/mol. The van der Waals surface area contributed by atoms with Crippen molar-refractivity contribution in [2.24, 2.45) is 11.8 Å². The average molecular weight is 270 g/mol. The fourth-order valence-electron chi connectivity index (χ4n) is 2.85. The van der Waals surface area contributed by atoms with Crippen LogP contribution in [-0.2, 0) is 9.47 Å². The summed E-state index contributed by atoms with van der Waals surface area (Å²) in [7, 11) is 3.42. The molecule has 0 N–H and O–H groups in total. The number of methoxy groups -OCH3 is 2. The smallest absolute Gasteiger partial charge is 0.189 e. The Morgan fingerprint density at radius 2 is 1.53 bits per heavy atom. The Morgan fingerprint density at radius 3 is 1.95 bits per heavy atom. The van der Waals surface area contributed by atoms with E-state index in [1.807, 2.05) is 6.08 Å². The summed E-state index contributed by atoms with van der Waals surface area (Å²) < 4.78 is 11.2. The predicted octanol–water partition coefficient (Wildman–Crippen LogP) is 5.18. The third kappa shape index (κ3) is 6.09. The maximum absolute atomic E-state index is 5.62. The lowest BCUT2D eigenvalue weighted by atomic mass is 9.82. The van der Waals surface area contributed by atoms with Crippen molar-refractivity contribution in [2.75, 3.05) is 14.2 Å². The topological polar surface area (TPSA) is 18.5 Å². The van der Waals surface area contributed by atoms with Crippen molar-refractivity contribution in [3.63, 3.8) is 0 Å². The summed E-state index contributed by atoms with van der Waals surface area (Å²) in [6, 6.07) is 0. The van der Waals surface area contributed by atoms with Gasteiger partial charge in [0, 0.05) is 20.1 Å². The van der Waals surface area contributed by atoms with Gasteiger partial charge in [-0.2, -0.15) is 0 Å². The highest BCUT2D eigenvalue weighted by Gasteiger charge is 2.37. The molecule has 0 aliphatic carbocycles. The van der Waals surface area contributed by atoms with E-state index in [2.05, 4.69) is 27.4 Å². The summed E-state index contributed by atoms with van der Waals surface area (Å²) in [6.07, 6.45) is 10.9. The highest BCUT2D eigenvalue weighted by Crippen LogP contribution is 2.34. The number of ether oxygens (including phenoxy) is 2. The molecule has 1 atom stereocenters. The molecule has 0 heterocycles. The largest absolute Gasteiger partial charge is 0.349 e. The van der Waals surface area contributed by atoms with Gasteiger partial charge >= 0.3 is 0 Å². The van der Waals surface area contributed by atoms with Crippen LogP contribution in [0.2, 0.25) is 0 Å². The first-order valence-corrected chi connectivity index (χ1v) is 7.81. The molecule has 2 nitrogen and oxygen atoms in total. The second-order valence-corrected chi connectivity index (χ2v) is 5.74. The standard InChI is InChI=1S/C17H34O2/c1-7-9-10-11-12-13-14-16(15(3)4)17(8-2,18-5)19-6/h8,15-16H,2,7,9-14H2,1,3-6H3. The molecule has 0 bridgehead atoms. The molecule has 114 valence electrons. The molecule has 0 fully saturated rings. The SMILES string of the molecule is C=CC(OC)(OC)C(CCCCCCCC)C(C)C. The highest BCUT2D eigenvalue weighted by atomic mass is 16.7. The predicted molar refractivity (Wildman–Crippen MR) is 83.3 cm³/mol. The normalized spacial score (nSPS) is 13.8. The molecule has 0 rings (SSSR count). The maximum atomic E-state index is 5.62. The number of hydrogen-bond donors (Lipinski definition) is 0. The molecule has 0 spiro atoms. The van der Waals surface area contributed by atoms with E-state index in [-0.39, 0.29) is 0 Å². The van der Waals surface area contributed by atoms with Gasteiger partial charge in [0.25, 0.3) is 0 Å². The minimum atomic E-state index is -0.627. The first kappa shape index (κ1) is 18.7. The molecule has 0 aromatic heterocycles. The quantitative estimate of drug-likeness (QED) is 0.276. The minimum absolute atomic E-state index is 0.367. The van der Waals surface area contributed by atoms with E-state index in [0.29, 0.717) is 11.8 Å². The third-order valence-electron chi connectivity index (χ3n) is 4.11. The Bertz CT molecular complexity index is 219. The summed E-state index contributed by atoms with van der Waals surface area (Å²) in [4.78, 5) is 0. The van der Waals surface area contributed by atoms with Gasteiger partial charge in [0.1, 0.15) is 0 Å².